The fourth-order valence-corrected chi connectivity index (χ4v) is 3.94. The summed E-state index contributed by atoms with van der Waals surface area (Å²) in [4.78, 5) is 0. The van der Waals surface area contributed by atoms with E-state index >= 15 is 0 Å². The van der Waals surface area contributed by atoms with Crippen LogP contribution in [0.5, 0.6) is 0 Å². The van der Waals surface area contributed by atoms with Gasteiger partial charge in [-0.25, -0.2) is 0 Å². The second kappa shape index (κ2) is 4.60. The Balaban J connectivity index is 2.12. The van der Waals surface area contributed by atoms with Gasteiger partial charge in [-0.2, -0.15) is 0 Å². The Morgan fingerprint density at radius 1 is 0.619 bits per heavy atom. The molecule has 0 N–H and O–H groups in total. The number of fused-ring (bicyclic) bond motifs is 3. The van der Waals surface area contributed by atoms with Crippen LogP contribution >= 0.6 is 0 Å². The van der Waals surface area contributed by atoms with E-state index in [2.05, 4.69) is 85.8 Å². The Morgan fingerprint density at radius 2 is 1.10 bits per heavy atom. The number of rotatable bonds is 2. The van der Waals surface area contributed by atoms with Gasteiger partial charge < -0.3 is 0 Å². The predicted molar refractivity (Wildman–Crippen MR) is 88.5 cm³/mol. The number of hydrogen-bond donors (Lipinski definition) is 0. The zero-order chi connectivity index (χ0) is 14.3. The maximum absolute atomic E-state index is 2.30. The summed E-state index contributed by atoms with van der Waals surface area (Å²) in [5.74, 6) is 0. The molecule has 21 heavy (non-hydrogen) atoms. The molecule has 0 radical (unpaired) electrons. The third-order valence-corrected chi connectivity index (χ3v) is 4.86. The van der Waals surface area contributed by atoms with Crippen molar-refractivity contribution in [2.45, 2.75) is 18.8 Å². The topological polar surface area (TPSA) is 0 Å². The first-order valence-corrected chi connectivity index (χ1v) is 7.63. The normalized spacial score (nSPS) is 14.5. The van der Waals surface area contributed by atoms with E-state index in [4.69, 9.17) is 0 Å². The highest BCUT2D eigenvalue weighted by molar-refractivity contribution is 5.83. The Kier molecular flexibility index (Phi) is 2.71. The van der Waals surface area contributed by atoms with Gasteiger partial charge in [0.05, 0.1) is 0 Å². The highest BCUT2D eigenvalue weighted by Crippen LogP contribution is 2.53. The molecule has 0 spiro atoms. The van der Waals surface area contributed by atoms with Gasteiger partial charge in [-0.3, -0.25) is 0 Å². The SMILES string of the molecule is CCC1(c2ccccc2)c2ccccc2-c2ccccc21. The minimum atomic E-state index is -0.00551. The van der Waals surface area contributed by atoms with Crippen molar-refractivity contribution in [3.05, 3.63) is 95.6 Å². The van der Waals surface area contributed by atoms with Gasteiger partial charge in [-0.1, -0.05) is 85.8 Å². The molecule has 0 saturated heterocycles. The van der Waals surface area contributed by atoms with Gasteiger partial charge in [0.2, 0.25) is 0 Å². The van der Waals surface area contributed by atoms with E-state index < -0.39 is 0 Å². The highest BCUT2D eigenvalue weighted by atomic mass is 14.4. The summed E-state index contributed by atoms with van der Waals surface area (Å²) in [7, 11) is 0. The maximum Gasteiger partial charge on any atom is 0.0461 e. The summed E-state index contributed by atoms with van der Waals surface area (Å²) in [5, 5.41) is 0. The molecular weight excluding hydrogens is 252 g/mol. The smallest absolute Gasteiger partial charge is 0.0461 e. The van der Waals surface area contributed by atoms with Crippen molar-refractivity contribution in [1.82, 2.24) is 0 Å². The van der Waals surface area contributed by atoms with E-state index in [1.807, 2.05) is 0 Å². The molecule has 0 unspecified atom stereocenters. The minimum absolute atomic E-state index is 0.00551. The fraction of sp³-hybridized carbons (Fsp3) is 0.143. The second-order valence-corrected chi connectivity index (χ2v) is 5.72. The molecule has 0 atom stereocenters. The van der Waals surface area contributed by atoms with Crippen LogP contribution in [0.25, 0.3) is 11.1 Å². The molecule has 0 aromatic heterocycles. The summed E-state index contributed by atoms with van der Waals surface area (Å²) in [6.07, 6.45) is 1.07. The Labute approximate surface area is 126 Å². The molecule has 4 rings (SSSR count). The fourth-order valence-electron chi connectivity index (χ4n) is 3.94. The lowest BCUT2D eigenvalue weighted by Gasteiger charge is -2.31. The molecule has 0 nitrogen and oxygen atoms in total. The van der Waals surface area contributed by atoms with Crippen molar-refractivity contribution < 1.29 is 0 Å². The van der Waals surface area contributed by atoms with E-state index in [9.17, 15) is 0 Å². The first-order valence-electron chi connectivity index (χ1n) is 7.63. The average Bonchev–Trinajstić information content (AvgIpc) is 2.87. The van der Waals surface area contributed by atoms with Crippen molar-refractivity contribution in [3.8, 4) is 11.1 Å². The van der Waals surface area contributed by atoms with E-state index in [-0.39, 0.29) is 5.41 Å². The van der Waals surface area contributed by atoms with Gasteiger partial charge in [0.1, 0.15) is 0 Å². The largest absolute Gasteiger partial charge is 0.0639 e. The maximum atomic E-state index is 2.30. The van der Waals surface area contributed by atoms with E-state index in [0.29, 0.717) is 0 Å². The van der Waals surface area contributed by atoms with Gasteiger partial charge in [-0.15, -0.1) is 0 Å². The van der Waals surface area contributed by atoms with Crippen molar-refractivity contribution in [1.29, 1.82) is 0 Å². The van der Waals surface area contributed by atoms with Gasteiger partial charge in [0.25, 0.3) is 0 Å². The predicted octanol–water partition coefficient (Wildman–Crippen LogP) is 5.41. The van der Waals surface area contributed by atoms with Crippen molar-refractivity contribution >= 4 is 0 Å². The molecule has 3 aromatic rings. The molecule has 0 fully saturated rings. The number of benzene rings is 3. The zero-order valence-electron chi connectivity index (χ0n) is 12.2. The molecule has 0 bridgehead atoms. The lowest BCUT2D eigenvalue weighted by Crippen LogP contribution is -2.25. The van der Waals surface area contributed by atoms with Crippen molar-refractivity contribution in [2.24, 2.45) is 0 Å². The second-order valence-electron chi connectivity index (χ2n) is 5.72. The van der Waals surface area contributed by atoms with Crippen LogP contribution in [0, 0.1) is 0 Å². The molecule has 1 aliphatic rings. The van der Waals surface area contributed by atoms with Crippen molar-refractivity contribution in [2.75, 3.05) is 0 Å². The van der Waals surface area contributed by atoms with Crippen LogP contribution in [0.15, 0.2) is 78.9 Å². The summed E-state index contributed by atoms with van der Waals surface area (Å²) < 4.78 is 0. The van der Waals surface area contributed by atoms with Crippen LogP contribution in [0.2, 0.25) is 0 Å². The highest BCUT2D eigenvalue weighted by Gasteiger charge is 2.42. The summed E-state index contributed by atoms with van der Waals surface area (Å²) >= 11 is 0. The lowest BCUT2D eigenvalue weighted by atomic mass is 9.71. The van der Waals surface area contributed by atoms with E-state index in [1.54, 1.807) is 0 Å². The minimum Gasteiger partial charge on any atom is -0.0639 e. The summed E-state index contributed by atoms with van der Waals surface area (Å²) in [5.41, 5.74) is 7.05. The standard InChI is InChI=1S/C21H18/c1-2-21(16-10-4-3-5-11-16)19-14-8-6-12-17(19)18-13-7-9-15-20(18)21/h3-15H,2H2,1H3. The summed E-state index contributed by atoms with van der Waals surface area (Å²) in [6, 6.07) is 28.7. The molecule has 0 heterocycles. The average molecular weight is 270 g/mol. The summed E-state index contributed by atoms with van der Waals surface area (Å²) in [6.45, 7) is 2.30. The molecule has 0 amide bonds. The van der Waals surface area contributed by atoms with Gasteiger partial charge in [-0.05, 0) is 34.2 Å². The first kappa shape index (κ1) is 12.4. The lowest BCUT2D eigenvalue weighted by molar-refractivity contribution is 0.609. The molecule has 1 aliphatic carbocycles. The van der Waals surface area contributed by atoms with E-state index in [0.717, 1.165) is 6.42 Å². The third-order valence-electron chi connectivity index (χ3n) is 4.86. The van der Waals surface area contributed by atoms with Gasteiger partial charge in [0, 0.05) is 5.41 Å². The van der Waals surface area contributed by atoms with Gasteiger partial charge in [0.15, 0.2) is 0 Å². The Morgan fingerprint density at radius 3 is 1.62 bits per heavy atom. The molecule has 3 aromatic carbocycles. The van der Waals surface area contributed by atoms with Crippen LogP contribution in [0.3, 0.4) is 0 Å². The van der Waals surface area contributed by atoms with Crippen LogP contribution < -0.4 is 0 Å². The monoisotopic (exact) mass is 270 g/mol. The first-order chi connectivity index (χ1) is 10.4. The quantitative estimate of drug-likeness (QED) is 0.584. The Bertz CT molecular complexity index is 738. The molecular formula is C21H18. The Hall–Kier alpha value is -2.34. The van der Waals surface area contributed by atoms with Crippen LogP contribution in [-0.2, 0) is 5.41 Å². The van der Waals surface area contributed by atoms with Gasteiger partial charge >= 0.3 is 0 Å². The molecule has 0 aliphatic heterocycles. The van der Waals surface area contributed by atoms with Crippen molar-refractivity contribution in [3.63, 3.8) is 0 Å². The number of hydrogen-bond acceptors (Lipinski definition) is 0. The molecule has 0 saturated carbocycles. The molecule has 0 heteroatoms. The van der Waals surface area contributed by atoms with Crippen LogP contribution in [-0.4, -0.2) is 0 Å². The van der Waals surface area contributed by atoms with E-state index in [1.165, 1.54) is 27.8 Å². The molecule has 102 valence electrons. The van der Waals surface area contributed by atoms with Crippen LogP contribution in [0.4, 0.5) is 0 Å². The third kappa shape index (κ3) is 1.56. The zero-order valence-corrected chi connectivity index (χ0v) is 12.2. The van der Waals surface area contributed by atoms with Crippen LogP contribution in [0.1, 0.15) is 30.0 Å².